The number of hydrogen-bond acceptors (Lipinski definition) is 5. The number of fused-ring (bicyclic) bond motifs is 1. The minimum absolute atomic E-state index is 0.00906. The van der Waals surface area contributed by atoms with Gasteiger partial charge in [0.05, 0.1) is 11.3 Å². The zero-order valence-corrected chi connectivity index (χ0v) is 18.4. The van der Waals surface area contributed by atoms with Gasteiger partial charge in [-0.15, -0.1) is 0 Å². The molecule has 0 radical (unpaired) electrons. The van der Waals surface area contributed by atoms with Crippen LogP contribution in [0.2, 0.25) is 0 Å². The molecule has 2 aromatic carbocycles. The number of thioether (sulfide) groups is 1. The average molecular weight is 475 g/mol. The van der Waals surface area contributed by atoms with E-state index in [1.165, 1.54) is 6.07 Å². The van der Waals surface area contributed by atoms with Crippen molar-refractivity contribution in [1.29, 1.82) is 0 Å². The van der Waals surface area contributed by atoms with Crippen molar-refractivity contribution in [2.45, 2.75) is 30.6 Å². The van der Waals surface area contributed by atoms with E-state index >= 15 is 0 Å². The van der Waals surface area contributed by atoms with Crippen LogP contribution in [0.3, 0.4) is 0 Å². The van der Waals surface area contributed by atoms with Crippen LogP contribution in [0.25, 0.3) is 10.9 Å². The number of nitrogens with one attached hydrogen (secondary N) is 1. The molecule has 1 aliphatic heterocycles. The highest BCUT2D eigenvalue weighted by Gasteiger charge is 2.35. The number of aromatic nitrogens is 2. The first-order valence-electron chi connectivity index (χ1n) is 10.4. The fraction of sp³-hybridized carbons (Fsp3) is 0.304. The highest BCUT2D eigenvalue weighted by atomic mass is 32.2. The van der Waals surface area contributed by atoms with Gasteiger partial charge in [-0.25, -0.2) is 9.97 Å². The number of carbonyl (C=O) groups is 2. The number of carbonyl (C=O) groups excluding carboxylic acids is 2. The maximum atomic E-state index is 13.1. The first-order valence-corrected chi connectivity index (χ1v) is 11.4. The van der Waals surface area contributed by atoms with Gasteiger partial charge in [0.25, 0.3) is 5.91 Å². The Morgan fingerprint density at radius 1 is 1.00 bits per heavy atom. The van der Waals surface area contributed by atoms with E-state index in [9.17, 15) is 22.8 Å². The van der Waals surface area contributed by atoms with Crippen molar-refractivity contribution in [2.24, 2.45) is 0 Å². The molecular weight excluding hydrogens is 453 g/mol. The summed E-state index contributed by atoms with van der Waals surface area (Å²) in [5, 5.41) is 3.31. The minimum Gasteiger partial charge on any atom is -0.351 e. The molecule has 1 aliphatic rings. The number of nitrogens with zero attached hydrogens (tertiary/aromatic N) is 3. The molecule has 3 aromatic rings. The maximum absolute atomic E-state index is 13.1. The number of rotatable bonds is 6. The summed E-state index contributed by atoms with van der Waals surface area (Å²) >= 11 is 0.931. The first kappa shape index (κ1) is 23.0. The zero-order chi connectivity index (χ0) is 23.4. The fourth-order valence-corrected chi connectivity index (χ4v) is 4.39. The number of benzene rings is 2. The SMILES string of the molecule is O=C(CSc1nc(C(F)(F)F)nc2ccccc12)NCc1ccc(C(=O)N2CCCC2)cc1. The van der Waals surface area contributed by atoms with E-state index in [1.54, 1.807) is 42.5 Å². The van der Waals surface area contributed by atoms with Crippen LogP contribution in [0.1, 0.15) is 34.6 Å². The van der Waals surface area contributed by atoms with Gasteiger partial charge in [0, 0.05) is 30.6 Å². The number of alkyl halides is 3. The van der Waals surface area contributed by atoms with E-state index in [0.29, 0.717) is 10.9 Å². The summed E-state index contributed by atoms with van der Waals surface area (Å²) in [6.45, 7) is 1.80. The Balaban J connectivity index is 1.35. The van der Waals surface area contributed by atoms with Crippen LogP contribution in [0.15, 0.2) is 53.6 Å². The lowest BCUT2D eigenvalue weighted by molar-refractivity contribution is -0.145. The predicted octanol–water partition coefficient (Wildman–Crippen LogP) is 4.29. The molecular formula is C23H21F3N4O2S. The van der Waals surface area contributed by atoms with Crippen molar-refractivity contribution in [1.82, 2.24) is 20.2 Å². The smallest absolute Gasteiger partial charge is 0.351 e. The number of hydrogen-bond donors (Lipinski definition) is 1. The van der Waals surface area contributed by atoms with Crippen molar-refractivity contribution in [3.05, 3.63) is 65.5 Å². The monoisotopic (exact) mass is 474 g/mol. The van der Waals surface area contributed by atoms with Crippen molar-refractivity contribution < 1.29 is 22.8 Å². The molecule has 1 saturated heterocycles. The molecule has 0 atom stereocenters. The summed E-state index contributed by atoms with van der Waals surface area (Å²) in [6, 6.07) is 13.4. The topological polar surface area (TPSA) is 75.2 Å². The molecule has 1 N–H and O–H groups in total. The second-order valence-corrected chi connectivity index (χ2v) is 8.59. The molecule has 1 fully saturated rings. The zero-order valence-electron chi connectivity index (χ0n) is 17.6. The molecule has 0 spiro atoms. The normalized spacial score (nSPS) is 14.0. The summed E-state index contributed by atoms with van der Waals surface area (Å²) in [7, 11) is 0. The molecule has 6 nitrogen and oxygen atoms in total. The van der Waals surface area contributed by atoms with Gasteiger partial charge in [0.2, 0.25) is 11.7 Å². The molecule has 4 rings (SSSR count). The Hall–Kier alpha value is -3.14. The molecule has 2 heterocycles. The van der Waals surface area contributed by atoms with Gasteiger partial charge < -0.3 is 10.2 Å². The van der Waals surface area contributed by atoms with Crippen LogP contribution >= 0.6 is 11.8 Å². The molecule has 1 aromatic heterocycles. The van der Waals surface area contributed by atoms with Crippen molar-refractivity contribution in [2.75, 3.05) is 18.8 Å². The quantitative estimate of drug-likeness (QED) is 0.426. The number of para-hydroxylation sites is 1. The Labute approximate surface area is 192 Å². The lowest BCUT2D eigenvalue weighted by atomic mass is 10.1. The minimum atomic E-state index is -4.68. The fourth-order valence-electron chi connectivity index (χ4n) is 3.54. The lowest BCUT2D eigenvalue weighted by Crippen LogP contribution is -2.27. The second-order valence-electron chi connectivity index (χ2n) is 7.63. The number of halogens is 3. The highest BCUT2D eigenvalue weighted by molar-refractivity contribution is 8.00. The van der Waals surface area contributed by atoms with Gasteiger partial charge in [0.1, 0.15) is 5.03 Å². The standard InChI is InChI=1S/C23H21F3N4O2S/c24-23(25,26)22-28-18-6-2-1-5-17(18)20(29-22)33-14-19(31)27-13-15-7-9-16(10-8-15)21(32)30-11-3-4-12-30/h1-2,5-10H,3-4,11-14H2,(H,27,31). The van der Waals surface area contributed by atoms with Crippen LogP contribution in [-0.2, 0) is 17.5 Å². The van der Waals surface area contributed by atoms with Gasteiger partial charge >= 0.3 is 6.18 Å². The molecule has 0 unspecified atom stereocenters. The Kier molecular flexibility index (Phi) is 6.83. The summed E-state index contributed by atoms with van der Waals surface area (Å²) in [5.74, 6) is -1.65. The molecule has 10 heteroatoms. The number of amides is 2. The van der Waals surface area contributed by atoms with Crippen LogP contribution in [-0.4, -0.2) is 45.5 Å². The predicted molar refractivity (Wildman–Crippen MR) is 119 cm³/mol. The summed E-state index contributed by atoms with van der Waals surface area (Å²) < 4.78 is 39.4. The van der Waals surface area contributed by atoms with E-state index in [0.717, 1.165) is 43.3 Å². The molecule has 0 saturated carbocycles. The average Bonchev–Trinajstić information content (AvgIpc) is 3.35. The largest absolute Gasteiger partial charge is 0.451 e. The van der Waals surface area contributed by atoms with E-state index in [4.69, 9.17) is 0 Å². The van der Waals surface area contributed by atoms with Gasteiger partial charge in [-0.1, -0.05) is 42.1 Å². The maximum Gasteiger partial charge on any atom is 0.451 e. The summed E-state index contributed by atoms with van der Waals surface area (Å²) in [4.78, 5) is 33.7. The second kappa shape index (κ2) is 9.78. The first-order chi connectivity index (χ1) is 15.8. The molecule has 0 aliphatic carbocycles. The molecule has 2 amide bonds. The summed E-state index contributed by atoms with van der Waals surface area (Å²) in [5.41, 5.74) is 1.60. The third-order valence-electron chi connectivity index (χ3n) is 5.25. The van der Waals surface area contributed by atoms with Crippen LogP contribution in [0.4, 0.5) is 13.2 Å². The third-order valence-corrected chi connectivity index (χ3v) is 6.24. The van der Waals surface area contributed by atoms with Crippen LogP contribution in [0, 0.1) is 0 Å². The number of likely N-dealkylation sites (tertiary alicyclic amines) is 1. The van der Waals surface area contributed by atoms with Crippen LogP contribution in [0.5, 0.6) is 0 Å². The van der Waals surface area contributed by atoms with Gasteiger partial charge in [-0.05, 0) is 36.6 Å². The Morgan fingerprint density at radius 3 is 2.39 bits per heavy atom. The van der Waals surface area contributed by atoms with Crippen LogP contribution < -0.4 is 5.32 Å². The van der Waals surface area contributed by atoms with Crippen molar-refractivity contribution in [3.63, 3.8) is 0 Å². The molecule has 33 heavy (non-hydrogen) atoms. The Bertz CT molecular complexity index is 1160. The Morgan fingerprint density at radius 2 is 1.70 bits per heavy atom. The summed E-state index contributed by atoms with van der Waals surface area (Å²) in [6.07, 6.45) is -2.63. The lowest BCUT2D eigenvalue weighted by Gasteiger charge is -2.15. The highest BCUT2D eigenvalue weighted by Crippen LogP contribution is 2.32. The van der Waals surface area contributed by atoms with E-state index in [2.05, 4.69) is 15.3 Å². The molecule has 172 valence electrons. The van der Waals surface area contributed by atoms with Gasteiger partial charge in [-0.3, -0.25) is 9.59 Å². The third kappa shape index (κ3) is 5.62. The van der Waals surface area contributed by atoms with E-state index < -0.39 is 12.0 Å². The van der Waals surface area contributed by atoms with Crippen molar-refractivity contribution in [3.8, 4) is 0 Å². The van der Waals surface area contributed by atoms with Crippen molar-refractivity contribution >= 4 is 34.5 Å². The van der Waals surface area contributed by atoms with Gasteiger partial charge in [0.15, 0.2) is 0 Å². The molecule has 0 bridgehead atoms. The van der Waals surface area contributed by atoms with Gasteiger partial charge in [-0.2, -0.15) is 13.2 Å². The van der Waals surface area contributed by atoms with E-state index in [-0.39, 0.29) is 34.7 Å². The van der Waals surface area contributed by atoms with E-state index in [1.807, 2.05) is 4.90 Å².